The Morgan fingerprint density at radius 2 is 2.12 bits per heavy atom. The molecule has 0 aliphatic rings. The second kappa shape index (κ2) is 5.85. The van der Waals surface area contributed by atoms with Crippen LogP contribution in [0.15, 0.2) is 12.3 Å². The molecule has 0 amide bonds. The second-order valence-corrected chi connectivity index (χ2v) is 4.59. The molecule has 3 heteroatoms. The normalized spacial score (nSPS) is 10.9. The number of nitrogens with two attached hydrogens (primary N) is 1. The summed E-state index contributed by atoms with van der Waals surface area (Å²) in [6, 6.07) is 2.13. The second-order valence-electron chi connectivity index (χ2n) is 4.59. The van der Waals surface area contributed by atoms with Crippen molar-refractivity contribution in [3.05, 3.63) is 23.5 Å². The Morgan fingerprint density at radius 3 is 2.62 bits per heavy atom. The van der Waals surface area contributed by atoms with Crippen LogP contribution in [0, 0.1) is 12.8 Å². The summed E-state index contributed by atoms with van der Waals surface area (Å²) in [4.78, 5) is 6.68. The zero-order valence-electron chi connectivity index (χ0n) is 10.8. The van der Waals surface area contributed by atoms with Crippen molar-refractivity contribution in [2.45, 2.75) is 34.2 Å². The highest BCUT2D eigenvalue weighted by atomic mass is 15.1. The maximum atomic E-state index is 5.76. The van der Waals surface area contributed by atoms with Crippen LogP contribution in [-0.4, -0.2) is 18.1 Å². The minimum atomic E-state index is 0.553. The third kappa shape index (κ3) is 3.20. The van der Waals surface area contributed by atoms with Crippen LogP contribution in [0.2, 0.25) is 0 Å². The van der Waals surface area contributed by atoms with Gasteiger partial charge in [0, 0.05) is 42.8 Å². The number of hydrogen-bond donors (Lipinski definition) is 1. The highest BCUT2D eigenvalue weighted by Gasteiger charge is 2.11. The first-order valence-electron chi connectivity index (χ1n) is 5.99. The van der Waals surface area contributed by atoms with Crippen LogP contribution in [0.25, 0.3) is 0 Å². The maximum Gasteiger partial charge on any atom is 0.0445 e. The van der Waals surface area contributed by atoms with Gasteiger partial charge in [0.25, 0.3) is 0 Å². The van der Waals surface area contributed by atoms with Crippen LogP contribution in [0.1, 0.15) is 32.0 Å². The van der Waals surface area contributed by atoms with Crippen molar-refractivity contribution in [2.75, 3.05) is 18.0 Å². The lowest BCUT2D eigenvalue weighted by Crippen LogP contribution is -2.28. The van der Waals surface area contributed by atoms with Gasteiger partial charge < -0.3 is 10.6 Å². The standard InChI is InChI=1S/C13H23N3/c1-5-16(9-10(2)3)13-6-11(4)15-8-12(13)7-14/h6,8,10H,5,7,9,14H2,1-4H3. The molecule has 1 aromatic heterocycles. The van der Waals surface area contributed by atoms with Crippen LogP contribution in [-0.2, 0) is 6.54 Å². The minimum Gasteiger partial charge on any atom is -0.371 e. The molecule has 0 unspecified atom stereocenters. The molecule has 16 heavy (non-hydrogen) atoms. The first kappa shape index (κ1) is 13.0. The van der Waals surface area contributed by atoms with Crippen LogP contribution in [0.3, 0.4) is 0 Å². The van der Waals surface area contributed by atoms with Crippen molar-refractivity contribution < 1.29 is 0 Å². The topological polar surface area (TPSA) is 42.2 Å². The lowest BCUT2D eigenvalue weighted by Gasteiger charge is -2.27. The molecule has 0 radical (unpaired) electrons. The number of hydrogen-bond acceptors (Lipinski definition) is 3. The Kier molecular flexibility index (Phi) is 4.74. The van der Waals surface area contributed by atoms with E-state index in [-0.39, 0.29) is 0 Å². The molecule has 0 fully saturated rings. The van der Waals surface area contributed by atoms with E-state index in [0.717, 1.165) is 24.3 Å². The van der Waals surface area contributed by atoms with E-state index in [1.807, 2.05) is 13.1 Å². The average molecular weight is 221 g/mol. The van der Waals surface area contributed by atoms with Crippen molar-refractivity contribution in [3.8, 4) is 0 Å². The fraction of sp³-hybridized carbons (Fsp3) is 0.615. The molecule has 3 nitrogen and oxygen atoms in total. The van der Waals surface area contributed by atoms with Crippen LogP contribution in [0.5, 0.6) is 0 Å². The quantitative estimate of drug-likeness (QED) is 0.829. The van der Waals surface area contributed by atoms with Gasteiger partial charge in [-0.05, 0) is 25.8 Å². The number of aromatic nitrogens is 1. The molecule has 1 aromatic rings. The van der Waals surface area contributed by atoms with Crippen molar-refractivity contribution in [2.24, 2.45) is 11.7 Å². The van der Waals surface area contributed by atoms with Gasteiger partial charge in [0.1, 0.15) is 0 Å². The predicted molar refractivity (Wildman–Crippen MR) is 69.6 cm³/mol. The third-order valence-electron chi connectivity index (χ3n) is 2.63. The molecule has 0 atom stereocenters. The maximum absolute atomic E-state index is 5.76. The highest BCUT2D eigenvalue weighted by molar-refractivity contribution is 5.53. The summed E-state index contributed by atoms with van der Waals surface area (Å²) < 4.78 is 0. The van der Waals surface area contributed by atoms with Gasteiger partial charge in [-0.3, -0.25) is 4.98 Å². The SMILES string of the molecule is CCN(CC(C)C)c1cc(C)ncc1CN. The first-order valence-corrected chi connectivity index (χ1v) is 5.99. The molecule has 0 bridgehead atoms. The molecule has 0 saturated heterocycles. The lowest BCUT2D eigenvalue weighted by molar-refractivity contribution is 0.617. The van der Waals surface area contributed by atoms with E-state index >= 15 is 0 Å². The van der Waals surface area contributed by atoms with Gasteiger partial charge in [0.2, 0.25) is 0 Å². The molecular weight excluding hydrogens is 198 g/mol. The van der Waals surface area contributed by atoms with Crippen molar-refractivity contribution in [1.82, 2.24) is 4.98 Å². The summed E-state index contributed by atoms with van der Waals surface area (Å²) in [5, 5.41) is 0. The highest BCUT2D eigenvalue weighted by Crippen LogP contribution is 2.21. The van der Waals surface area contributed by atoms with Gasteiger partial charge >= 0.3 is 0 Å². The molecule has 0 saturated carbocycles. The molecule has 0 spiro atoms. The first-order chi connectivity index (χ1) is 7.58. The van der Waals surface area contributed by atoms with E-state index in [2.05, 4.69) is 36.7 Å². The Balaban J connectivity index is 3.02. The van der Waals surface area contributed by atoms with Gasteiger partial charge in [0.05, 0.1) is 0 Å². The van der Waals surface area contributed by atoms with Crippen molar-refractivity contribution in [3.63, 3.8) is 0 Å². The third-order valence-corrected chi connectivity index (χ3v) is 2.63. The van der Waals surface area contributed by atoms with Gasteiger partial charge in [-0.2, -0.15) is 0 Å². The minimum absolute atomic E-state index is 0.553. The van der Waals surface area contributed by atoms with E-state index in [4.69, 9.17) is 5.73 Å². The fourth-order valence-electron chi connectivity index (χ4n) is 1.86. The Morgan fingerprint density at radius 1 is 1.44 bits per heavy atom. The summed E-state index contributed by atoms with van der Waals surface area (Å²) in [6.45, 7) is 11.3. The number of nitrogens with zero attached hydrogens (tertiary/aromatic N) is 2. The Labute approximate surface area is 98.7 Å². The number of anilines is 1. The van der Waals surface area contributed by atoms with Gasteiger partial charge in [-0.15, -0.1) is 0 Å². The number of rotatable bonds is 5. The molecule has 0 aliphatic carbocycles. The summed E-state index contributed by atoms with van der Waals surface area (Å²) in [7, 11) is 0. The molecular formula is C13H23N3. The largest absolute Gasteiger partial charge is 0.371 e. The van der Waals surface area contributed by atoms with E-state index in [9.17, 15) is 0 Å². The lowest BCUT2D eigenvalue weighted by atomic mass is 10.1. The molecule has 0 aromatic carbocycles. The van der Waals surface area contributed by atoms with Crippen LogP contribution >= 0.6 is 0 Å². The smallest absolute Gasteiger partial charge is 0.0445 e. The zero-order valence-corrected chi connectivity index (χ0v) is 10.8. The van der Waals surface area contributed by atoms with E-state index in [1.165, 1.54) is 5.69 Å². The summed E-state index contributed by atoms with van der Waals surface area (Å²) in [5.41, 5.74) is 9.18. The molecule has 1 rings (SSSR count). The van der Waals surface area contributed by atoms with Crippen molar-refractivity contribution in [1.29, 1.82) is 0 Å². The Hall–Kier alpha value is -1.09. The number of aryl methyl sites for hydroxylation is 1. The fourth-order valence-corrected chi connectivity index (χ4v) is 1.86. The molecule has 2 N–H and O–H groups in total. The predicted octanol–water partition coefficient (Wildman–Crippen LogP) is 2.33. The molecule has 90 valence electrons. The molecule has 1 heterocycles. The summed E-state index contributed by atoms with van der Waals surface area (Å²) >= 11 is 0. The van der Waals surface area contributed by atoms with Crippen LogP contribution < -0.4 is 10.6 Å². The number of pyridine rings is 1. The summed E-state index contributed by atoms with van der Waals surface area (Å²) in [5.74, 6) is 0.652. The summed E-state index contributed by atoms with van der Waals surface area (Å²) in [6.07, 6.45) is 1.90. The van der Waals surface area contributed by atoms with Gasteiger partial charge in [-0.25, -0.2) is 0 Å². The van der Waals surface area contributed by atoms with E-state index in [0.29, 0.717) is 12.5 Å². The van der Waals surface area contributed by atoms with Gasteiger partial charge in [0.15, 0.2) is 0 Å². The monoisotopic (exact) mass is 221 g/mol. The average Bonchev–Trinajstić information content (AvgIpc) is 2.25. The Bertz CT molecular complexity index is 334. The molecule has 0 aliphatic heterocycles. The zero-order chi connectivity index (χ0) is 12.1. The van der Waals surface area contributed by atoms with E-state index in [1.54, 1.807) is 0 Å². The van der Waals surface area contributed by atoms with Gasteiger partial charge in [-0.1, -0.05) is 13.8 Å². The van der Waals surface area contributed by atoms with E-state index < -0.39 is 0 Å². The van der Waals surface area contributed by atoms with Crippen molar-refractivity contribution >= 4 is 5.69 Å². The van der Waals surface area contributed by atoms with Crippen LogP contribution in [0.4, 0.5) is 5.69 Å².